The number of aromatic nitrogens is 7. The van der Waals surface area contributed by atoms with Gasteiger partial charge in [0.25, 0.3) is 0 Å². The van der Waals surface area contributed by atoms with E-state index in [0.29, 0.717) is 11.9 Å². The third-order valence-electron chi connectivity index (χ3n) is 21.5. The minimum atomic E-state index is 0.666. The van der Waals surface area contributed by atoms with Gasteiger partial charge < -0.3 is 4.57 Å². The SMILES string of the molecule is Brc1ccc2c(ccc3c2c2ccccc2n3-c2nc(-c3ccc4ccccc4c3)c3ccccc3n2)c1.Brc1ccc2c3c(ccc2c1)Cc1ccccc1-3.c1ccc2cc(-c3nc(-n4c5ccccc5c5c6ccc(-n7c8ccccc8c8ccccc87)cc6ccc54)nc4ccccc34)ccc2c1. The number of hydrogen-bond donors (Lipinski definition) is 0. The molecule has 23 rings (SSSR count). The van der Waals surface area contributed by atoms with Gasteiger partial charge in [0.15, 0.2) is 0 Å². The molecule has 0 atom stereocenters. The highest BCUT2D eigenvalue weighted by Crippen LogP contribution is 2.45. The van der Waals surface area contributed by atoms with Gasteiger partial charge in [-0.25, -0.2) is 19.9 Å². The summed E-state index contributed by atoms with van der Waals surface area (Å²) in [6, 6.07) is 123. The summed E-state index contributed by atoms with van der Waals surface area (Å²) in [4.78, 5) is 20.9. The molecule has 0 fully saturated rings. The Hall–Kier alpha value is -12.9. The van der Waals surface area contributed by atoms with E-state index in [1.165, 1.54) is 119 Å². The average molecular weight is 1480 g/mol. The second-order valence-electron chi connectivity index (χ2n) is 27.5. The van der Waals surface area contributed by atoms with Gasteiger partial charge in [-0.3, -0.25) is 9.13 Å². The largest absolute Gasteiger partial charge is 0.309 e. The van der Waals surface area contributed by atoms with E-state index in [-0.39, 0.29) is 0 Å². The van der Waals surface area contributed by atoms with Gasteiger partial charge in [-0.1, -0.05) is 281 Å². The van der Waals surface area contributed by atoms with Crippen LogP contribution in [0.2, 0.25) is 0 Å². The van der Waals surface area contributed by atoms with E-state index in [2.05, 4.69) is 385 Å². The molecule has 0 aliphatic heterocycles. The number of para-hydroxylation sites is 6. The quantitative estimate of drug-likeness (QED) is 0.172. The lowest BCUT2D eigenvalue weighted by Crippen LogP contribution is -2.03. The average Bonchev–Trinajstić information content (AvgIpc) is 1.56. The van der Waals surface area contributed by atoms with Crippen molar-refractivity contribution >= 4 is 173 Å². The molecule has 9 heteroatoms. The molecule has 496 valence electrons. The Morgan fingerprint density at radius 2 is 0.651 bits per heavy atom. The number of hydrogen-bond acceptors (Lipinski definition) is 4. The molecule has 0 spiro atoms. The molecule has 17 aromatic carbocycles. The highest BCUT2D eigenvalue weighted by Gasteiger charge is 2.24. The molecule has 1 aliphatic carbocycles. The van der Waals surface area contributed by atoms with Crippen LogP contribution in [-0.4, -0.2) is 33.6 Å². The molecule has 0 saturated carbocycles. The maximum Gasteiger partial charge on any atom is 0.235 e. The summed E-state index contributed by atoms with van der Waals surface area (Å²) in [7, 11) is 0. The molecule has 0 radical (unpaired) electrons. The zero-order valence-corrected chi connectivity index (χ0v) is 60.2. The van der Waals surface area contributed by atoms with Gasteiger partial charge in [-0.2, -0.15) is 0 Å². The molecule has 0 amide bonds. The Balaban J connectivity index is 0.000000113. The van der Waals surface area contributed by atoms with Crippen molar-refractivity contribution < 1.29 is 0 Å². The minimum absolute atomic E-state index is 0.666. The van der Waals surface area contributed by atoms with E-state index in [1.807, 2.05) is 6.07 Å². The van der Waals surface area contributed by atoms with Crippen LogP contribution < -0.4 is 0 Å². The fourth-order valence-corrected chi connectivity index (χ4v) is 17.5. The molecule has 0 bridgehead atoms. The Morgan fingerprint density at radius 1 is 0.245 bits per heavy atom. The lowest BCUT2D eigenvalue weighted by atomic mass is 9.98. The third-order valence-corrected chi connectivity index (χ3v) is 22.4. The summed E-state index contributed by atoms with van der Waals surface area (Å²) in [5, 5.41) is 21.7. The maximum absolute atomic E-state index is 5.36. The van der Waals surface area contributed by atoms with Crippen LogP contribution in [0.5, 0.6) is 0 Å². The molecule has 0 saturated heterocycles. The van der Waals surface area contributed by atoms with Gasteiger partial charge in [0.05, 0.1) is 55.5 Å². The normalized spacial score (nSPS) is 12.0. The van der Waals surface area contributed by atoms with Crippen LogP contribution in [0.3, 0.4) is 0 Å². The first-order chi connectivity index (χ1) is 52.4. The number of benzene rings is 17. The Labute approximate surface area is 625 Å². The highest BCUT2D eigenvalue weighted by atomic mass is 79.9. The number of halogens is 2. The molecule has 5 aromatic heterocycles. The molecule has 5 heterocycles. The Morgan fingerprint density at radius 3 is 1.20 bits per heavy atom. The van der Waals surface area contributed by atoms with Crippen LogP contribution in [0.4, 0.5) is 0 Å². The van der Waals surface area contributed by atoms with E-state index in [9.17, 15) is 0 Å². The third kappa shape index (κ3) is 10.1. The summed E-state index contributed by atoms with van der Waals surface area (Å²) < 4.78 is 9.05. The van der Waals surface area contributed by atoms with Crippen molar-refractivity contribution in [3.63, 3.8) is 0 Å². The van der Waals surface area contributed by atoms with Gasteiger partial charge in [-0.15, -0.1) is 0 Å². The Kier molecular flexibility index (Phi) is 14.5. The summed E-state index contributed by atoms with van der Waals surface area (Å²) in [6.07, 6.45) is 1.07. The first kappa shape index (κ1) is 61.7. The second kappa shape index (κ2) is 24.9. The topological polar surface area (TPSA) is 66.3 Å². The Bertz CT molecular complexity index is 7380. The minimum Gasteiger partial charge on any atom is -0.309 e. The van der Waals surface area contributed by atoms with Crippen molar-refractivity contribution in [3.05, 3.63) is 366 Å². The fourth-order valence-electron chi connectivity index (χ4n) is 16.7. The maximum atomic E-state index is 5.36. The number of fused-ring (bicyclic) bond motifs is 22. The van der Waals surface area contributed by atoms with E-state index in [0.717, 1.165) is 87.4 Å². The van der Waals surface area contributed by atoms with Crippen LogP contribution in [-0.2, 0) is 6.42 Å². The van der Waals surface area contributed by atoms with Gasteiger partial charge >= 0.3 is 0 Å². The van der Waals surface area contributed by atoms with Gasteiger partial charge in [0, 0.05) is 68.8 Å². The fraction of sp³-hybridized carbons (Fsp3) is 0.0103. The van der Waals surface area contributed by atoms with E-state index in [1.54, 1.807) is 0 Å². The molecule has 7 nitrogen and oxygen atoms in total. The van der Waals surface area contributed by atoms with Crippen molar-refractivity contribution in [1.82, 2.24) is 33.6 Å². The molecular weight excluding hydrogens is 1420 g/mol. The lowest BCUT2D eigenvalue weighted by Gasteiger charge is -2.13. The molecular formula is C97H59Br2N7. The van der Waals surface area contributed by atoms with Gasteiger partial charge in [0.2, 0.25) is 11.9 Å². The van der Waals surface area contributed by atoms with Crippen molar-refractivity contribution in [2.24, 2.45) is 0 Å². The summed E-state index contributed by atoms with van der Waals surface area (Å²) >= 11 is 7.18. The van der Waals surface area contributed by atoms with Crippen LogP contribution >= 0.6 is 31.9 Å². The predicted octanol–water partition coefficient (Wildman–Crippen LogP) is 26.4. The van der Waals surface area contributed by atoms with E-state index >= 15 is 0 Å². The predicted molar refractivity (Wildman–Crippen MR) is 451 cm³/mol. The highest BCUT2D eigenvalue weighted by molar-refractivity contribution is 9.10. The van der Waals surface area contributed by atoms with Crippen molar-refractivity contribution in [2.45, 2.75) is 6.42 Å². The van der Waals surface area contributed by atoms with E-state index in [4.69, 9.17) is 19.9 Å². The summed E-state index contributed by atoms with van der Waals surface area (Å²) in [6.45, 7) is 0. The number of rotatable bonds is 5. The first-order valence-electron chi connectivity index (χ1n) is 35.8. The summed E-state index contributed by atoms with van der Waals surface area (Å²) in [5.74, 6) is 1.34. The molecule has 106 heavy (non-hydrogen) atoms. The van der Waals surface area contributed by atoms with Crippen LogP contribution in [0.25, 0.3) is 192 Å². The molecule has 0 unspecified atom stereocenters. The molecule has 1 aliphatic rings. The smallest absolute Gasteiger partial charge is 0.235 e. The zero-order valence-electron chi connectivity index (χ0n) is 57.0. The zero-order chi connectivity index (χ0) is 70.1. The lowest BCUT2D eigenvalue weighted by molar-refractivity contribution is 1.01. The number of nitrogens with zero attached hydrogens (tertiary/aromatic N) is 7. The first-order valence-corrected chi connectivity index (χ1v) is 37.3. The van der Waals surface area contributed by atoms with Crippen molar-refractivity contribution in [2.75, 3.05) is 0 Å². The standard InChI is InChI=1S/C46H28N4.C34H20BrN3.C17H11Br/c1-2-12-30-27-32(22-21-29(30)11-1)45-37-15-3-7-17-39(37)47-46(48-45)50-42-20-10-6-16-38(42)44-34-25-24-33(28-31(34)23-26-43(44)50)49-40-18-8-4-13-35(40)36-14-5-9-19-41(36)49;35-25-16-17-26-23(20-25)15-18-31-32(26)28-10-4-6-12-30(28)38(31)34-36-29-11-5-3-9-27(29)33(37-34)24-14-13-21-7-1-2-8-22(21)19-24;18-14-7-8-16-12(10-14)5-6-13-9-11-3-1-2-4-15(11)17(13)16/h1-28H;1-20H;1-8,10H,9H2. The molecule has 0 N–H and O–H groups in total. The van der Waals surface area contributed by atoms with Crippen LogP contribution in [0.15, 0.2) is 355 Å². The van der Waals surface area contributed by atoms with Crippen LogP contribution in [0, 0.1) is 0 Å². The summed E-state index contributed by atoms with van der Waals surface area (Å²) in [5.41, 5.74) is 19.5. The van der Waals surface area contributed by atoms with Gasteiger partial charge in [0.1, 0.15) is 0 Å². The van der Waals surface area contributed by atoms with Gasteiger partial charge in [-0.05, 0) is 180 Å². The van der Waals surface area contributed by atoms with Crippen molar-refractivity contribution in [3.8, 4) is 51.2 Å². The van der Waals surface area contributed by atoms with E-state index < -0.39 is 0 Å². The molecule has 22 aromatic rings. The second-order valence-corrected chi connectivity index (χ2v) is 29.3. The monoisotopic (exact) mass is 1480 g/mol. The van der Waals surface area contributed by atoms with Crippen molar-refractivity contribution in [1.29, 1.82) is 0 Å². The van der Waals surface area contributed by atoms with Crippen LogP contribution in [0.1, 0.15) is 11.1 Å².